The van der Waals surface area contributed by atoms with Crippen molar-refractivity contribution < 1.29 is 59.4 Å². The smallest absolute Gasteiger partial charge is 0.187 e. The Hall–Kier alpha value is -0.480. The Labute approximate surface area is 231 Å². The van der Waals surface area contributed by atoms with Crippen molar-refractivity contribution in [2.24, 2.45) is 0 Å². The Bertz CT molecular complexity index is 609. The Kier molecular flexibility index (Phi) is 17.5. The summed E-state index contributed by atoms with van der Waals surface area (Å²) >= 11 is 0. The maximum atomic E-state index is 10.6. The molecule has 12 nitrogen and oxygen atoms in total. The van der Waals surface area contributed by atoms with Crippen molar-refractivity contribution in [3.63, 3.8) is 0 Å². The van der Waals surface area contributed by atoms with Crippen molar-refractivity contribution in [2.75, 3.05) is 33.0 Å². The SMILES string of the molecule is CCCCCCCCCCCCOCCCO[C@@H]1OC(CO)[C@@H](O[C@@H]2OC(CO)[C@H](O)C(O)C2O)C(O)C1O. The van der Waals surface area contributed by atoms with Gasteiger partial charge in [-0.2, -0.15) is 0 Å². The van der Waals surface area contributed by atoms with Crippen LogP contribution in [0.1, 0.15) is 77.6 Å². The third kappa shape index (κ3) is 11.4. The van der Waals surface area contributed by atoms with Crippen LogP contribution in [0.3, 0.4) is 0 Å². The predicted octanol–water partition coefficient (Wildman–Crippen LogP) is -0.0453. The molecule has 0 aromatic heterocycles. The normalized spacial score (nSPS) is 35.4. The van der Waals surface area contributed by atoms with Gasteiger partial charge in [-0.3, -0.25) is 0 Å². The highest BCUT2D eigenvalue weighted by molar-refractivity contribution is 4.94. The van der Waals surface area contributed by atoms with Crippen LogP contribution in [-0.4, -0.2) is 130 Å². The monoisotopic (exact) mass is 568 g/mol. The summed E-state index contributed by atoms with van der Waals surface area (Å²) in [6.45, 7) is 2.33. The van der Waals surface area contributed by atoms with E-state index < -0.39 is 74.6 Å². The molecule has 2 rings (SSSR count). The second-order valence-electron chi connectivity index (χ2n) is 10.5. The predicted molar refractivity (Wildman–Crippen MR) is 140 cm³/mol. The summed E-state index contributed by atoms with van der Waals surface area (Å²) in [5.41, 5.74) is 0. The molecule has 2 aliphatic rings. The molecule has 0 amide bonds. The molecule has 232 valence electrons. The fraction of sp³-hybridized carbons (Fsp3) is 1.00. The van der Waals surface area contributed by atoms with Crippen molar-refractivity contribution in [1.82, 2.24) is 0 Å². The van der Waals surface area contributed by atoms with E-state index in [0.29, 0.717) is 19.6 Å². The van der Waals surface area contributed by atoms with Crippen molar-refractivity contribution in [1.29, 1.82) is 0 Å². The minimum atomic E-state index is -1.71. The van der Waals surface area contributed by atoms with Crippen molar-refractivity contribution >= 4 is 0 Å². The molecule has 39 heavy (non-hydrogen) atoms. The van der Waals surface area contributed by atoms with E-state index in [1.165, 1.54) is 51.4 Å². The number of aliphatic hydroxyl groups is 7. The lowest BCUT2D eigenvalue weighted by molar-refractivity contribution is -0.359. The van der Waals surface area contributed by atoms with Crippen molar-refractivity contribution in [3.05, 3.63) is 0 Å². The van der Waals surface area contributed by atoms with Crippen LogP contribution in [0, 0.1) is 0 Å². The molecule has 0 bridgehead atoms. The van der Waals surface area contributed by atoms with Gasteiger partial charge in [-0.1, -0.05) is 64.7 Å². The van der Waals surface area contributed by atoms with Gasteiger partial charge >= 0.3 is 0 Å². The first-order valence-electron chi connectivity index (χ1n) is 14.6. The first-order valence-corrected chi connectivity index (χ1v) is 14.6. The molecule has 10 atom stereocenters. The highest BCUT2D eigenvalue weighted by Crippen LogP contribution is 2.29. The van der Waals surface area contributed by atoms with Gasteiger partial charge in [-0.05, 0) is 12.8 Å². The maximum Gasteiger partial charge on any atom is 0.187 e. The van der Waals surface area contributed by atoms with Gasteiger partial charge in [-0.25, -0.2) is 0 Å². The van der Waals surface area contributed by atoms with Crippen LogP contribution in [0.15, 0.2) is 0 Å². The molecule has 12 heteroatoms. The molecule has 2 heterocycles. The lowest BCUT2D eigenvalue weighted by atomic mass is 9.97. The first kappa shape index (κ1) is 34.7. The quantitative estimate of drug-likeness (QED) is 0.0972. The number of hydrogen-bond donors (Lipinski definition) is 7. The zero-order valence-electron chi connectivity index (χ0n) is 23.3. The zero-order valence-corrected chi connectivity index (χ0v) is 23.3. The summed E-state index contributed by atoms with van der Waals surface area (Å²) in [7, 11) is 0. The number of hydrogen-bond acceptors (Lipinski definition) is 12. The highest BCUT2D eigenvalue weighted by atomic mass is 16.7. The van der Waals surface area contributed by atoms with Crippen LogP contribution in [0.4, 0.5) is 0 Å². The lowest BCUT2D eigenvalue weighted by Gasteiger charge is -2.45. The summed E-state index contributed by atoms with van der Waals surface area (Å²) in [6.07, 6.45) is -1.39. The molecule has 0 aromatic carbocycles. The Balaban J connectivity index is 1.62. The molecule has 0 saturated carbocycles. The summed E-state index contributed by atoms with van der Waals surface area (Å²) in [6, 6.07) is 0. The van der Waals surface area contributed by atoms with Crippen LogP contribution in [0.2, 0.25) is 0 Å². The fourth-order valence-electron chi connectivity index (χ4n) is 4.85. The summed E-state index contributed by atoms with van der Waals surface area (Å²) in [4.78, 5) is 0. The number of unbranched alkanes of at least 4 members (excludes halogenated alkanes) is 9. The van der Waals surface area contributed by atoms with Crippen LogP contribution >= 0.6 is 0 Å². The van der Waals surface area contributed by atoms with Crippen molar-refractivity contribution in [3.8, 4) is 0 Å². The number of rotatable bonds is 20. The number of ether oxygens (including phenoxy) is 5. The van der Waals surface area contributed by atoms with Gasteiger partial charge in [0.2, 0.25) is 0 Å². The first-order chi connectivity index (χ1) is 18.8. The van der Waals surface area contributed by atoms with Gasteiger partial charge in [0.25, 0.3) is 0 Å². The second kappa shape index (κ2) is 19.6. The molecule has 2 aliphatic heterocycles. The Morgan fingerprint density at radius 3 is 1.69 bits per heavy atom. The van der Waals surface area contributed by atoms with E-state index in [0.717, 1.165) is 12.8 Å². The molecule has 0 aromatic rings. The Morgan fingerprint density at radius 2 is 1.08 bits per heavy atom. The van der Waals surface area contributed by atoms with Crippen LogP contribution in [-0.2, 0) is 23.7 Å². The van der Waals surface area contributed by atoms with E-state index in [1.54, 1.807) is 0 Å². The zero-order chi connectivity index (χ0) is 28.6. The topological polar surface area (TPSA) is 188 Å². The van der Waals surface area contributed by atoms with E-state index in [4.69, 9.17) is 23.7 Å². The molecule has 0 aliphatic carbocycles. The molecular weight excluding hydrogens is 516 g/mol. The van der Waals surface area contributed by atoms with Gasteiger partial charge < -0.3 is 59.4 Å². The summed E-state index contributed by atoms with van der Waals surface area (Å²) in [5.74, 6) is 0. The average Bonchev–Trinajstić information content (AvgIpc) is 2.94. The molecule has 0 spiro atoms. The van der Waals surface area contributed by atoms with E-state index in [-0.39, 0.29) is 6.61 Å². The number of aliphatic hydroxyl groups excluding tert-OH is 7. The standard InChI is InChI=1S/C27H52O12/c1-2-3-4-5-6-7-8-9-10-11-13-35-14-12-15-36-26-24(34)22(32)25(19(17-29)38-26)39-27-23(33)21(31)20(30)18(16-28)37-27/h18-34H,2-17H2,1H3/t18?,19?,20-,21?,22?,23?,24?,25+,26+,27-/m0/s1. The van der Waals surface area contributed by atoms with E-state index >= 15 is 0 Å². The van der Waals surface area contributed by atoms with Gasteiger partial charge in [0, 0.05) is 13.2 Å². The van der Waals surface area contributed by atoms with Crippen LogP contribution < -0.4 is 0 Å². The van der Waals surface area contributed by atoms with Crippen LogP contribution in [0.25, 0.3) is 0 Å². The van der Waals surface area contributed by atoms with Gasteiger partial charge in [-0.15, -0.1) is 0 Å². The van der Waals surface area contributed by atoms with Crippen LogP contribution in [0.5, 0.6) is 0 Å². The molecule has 2 fully saturated rings. The molecular formula is C27H52O12. The Morgan fingerprint density at radius 1 is 0.538 bits per heavy atom. The fourth-order valence-corrected chi connectivity index (χ4v) is 4.85. The molecule has 2 saturated heterocycles. The second-order valence-corrected chi connectivity index (χ2v) is 10.5. The average molecular weight is 569 g/mol. The third-order valence-electron chi connectivity index (χ3n) is 7.32. The van der Waals surface area contributed by atoms with E-state index in [9.17, 15) is 35.7 Å². The minimum Gasteiger partial charge on any atom is -0.394 e. The summed E-state index contributed by atoms with van der Waals surface area (Å²) in [5, 5.41) is 70.3. The minimum absolute atomic E-state index is 0.197. The third-order valence-corrected chi connectivity index (χ3v) is 7.32. The molecule has 0 radical (unpaired) electrons. The molecule has 7 N–H and O–H groups in total. The van der Waals surface area contributed by atoms with E-state index in [1.807, 2.05) is 0 Å². The van der Waals surface area contributed by atoms with Crippen molar-refractivity contribution in [2.45, 2.75) is 139 Å². The summed E-state index contributed by atoms with van der Waals surface area (Å²) < 4.78 is 27.6. The largest absolute Gasteiger partial charge is 0.394 e. The van der Waals surface area contributed by atoms with E-state index in [2.05, 4.69) is 6.92 Å². The van der Waals surface area contributed by atoms with Gasteiger partial charge in [0.1, 0.15) is 48.8 Å². The van der Waals surface area contributed by atoms with Gasteiger partial charge in [0.15, 0.2) is 12.6 Å². The highest BCUT2D eigenvalue weighted by Gasteiger charge is 2.50. The van der Waals surface area contributed by atoms with Gasteiger partial charge in [0.05, 0.1) is 19.8 Å². The maximum absolute atomic E-state index is 10.6. The molecule has 6 unspecified atom stereocenters. The lowest BCUT2D eigenvalue weighted by Crippen LogP contribution is -2.64.